The molecule has 32 heavy (non-hydrogen) atoms. The number of sulfonamides is 1. The summed E-state index contributed by atoms with van der Waals surface area (Å²) in [5.41, 5.74) is 1.94. The Hall–Kier alpha value is -2.49. The second-order valence-electron chi connectivity index (χ2n) is 7.39. The number of hydrogen-bond donors (Lipinski definition) is 1. The predicted molar refractivity (Wildman–Crippen MR) is 124 cm³/mol. The van der Waals surface area contributed by atoms with Gasteiger partial charge in [-0.2, -0.15) is 4.31 Å². The molecule has 2 aromatic carbocycles. The third-order valence-electron chi connectivity index (χ3n) is 5.26. The number of carbonyl (C=O) groups is 1. The van der Waals surface area contributed by atoms with Crippen LogP contribution in [0, 0.1) is 12.7 Å². The van der Waals surface area contributed by atoms with Gasteiger partial charge in [-0.15, -0.1) is 0 Å². The zero-order chi connectivity index (χ0) is 23.9. The van der Waals surface area contributed by atoms with Gasteiger partial charge in [-0.25, -0.2) is 12.8 Å². The van der Waals surface area contributed by atoms with Crippen molar-refractivity contribution in [1.29, 1.82) is 0 Å². The van der Waals surface area contributed by atoms with E-state index in [0.29, 0.717) is 31.9 Å². The van der Waals surface area contributed by atoms with Gasteiger partial charge in [0, 0.05) is 25.3 Å². The number of nitrogens with one attached hydrogen (secondary N) is 1. The zero-order valence-corrected chi connectivity index (χ0v) is 20.1. The van der Waals surface area contributed by atoms with Crippen LogP contribution < -0.4 is 10.1 Å². The van der Waals surface area contributed by atoms with Crippen molar-refractivity contribution < 1.29 is 22.3 Å². The van der Waals surface area contributed by atoms with Gasteiger partial charge in [0.15, 0.2) is 11.6 Å². The molecule has 0 fully saturated rings. The van der Waals surface area contributed by atoms with Gasteiger partial charge in [-0.3, -0.25) is 9.69 Å². The number of likely N-dealkylation sites (N-methyl/N-ethyl adjacent to an activating group) is 1. The van der Waals surface area contributed by atoms with Crippen LogP contribution in [0.2, 0.25) is 0 Å². The van der Waals surface area contributed by atoms with Crippen molar-refractivity contribution in [1.82, 2.24) is 9.21 Å². The molecular weight excluding hydrogens is 433 g/mol. The Bertz CT molecular complexity index is 1040. The van der Waals surface area contributed by atoms with Crippen LogP contribution in [-0.4, -0.2) is 56.8 Å². The highest BCUT2D eigenvalue weighted by atomic mass is 32.2. The Morgan fingerprint density at radius 1 is 1.06 bits per heavy atom. The van der Waals surface area contributed by atoms with Gasteiger partial charge < -0.3 is 10.1 Å². The van der Waals surface area contributed by atoms with Gasteiger partial charge in [-0.05, 0) is 48.9 Å². The van der Waals surface area contributed by atoms with E-state index in [2.05, 4.69) is 5.32 Å². The first-order valence-electron chi connectivity index (χ1n) is 10.6. The highest BCUT2D eigenvalue weighted by molar-refractivity contribution is 7.89. The fraction of sp³-hybridized carbons (Fsp3) is 0.435. The molecule has 0 saturated carbocycles. The molecule has 0 heterocycles. The number of ether oxygens (including phenoxy) is 1. The van der Waals surface area contributed by atoms with Crippen molar-refractivity contribution in [3.63, 3.8) is 0 Å². The summed E-state index contributed by atoms with van der Waals surface area (Å²) in [6.45, 7) is 9.07. The highest BCUT2D eigenvalue weighted by Crippen LogP contribution is 2.23. The number of nitrogens with zero attached hydrogens (tertiary/aromatic N) is 2. The zero-order valence-electron chi connectivity index (χ0n) is 19.3. The monoisotopic (exact) mass is 465 g/mol. The SMILES string of the molecule is CCN(CC(=O)Nc1cc(S(=O)(=O)N(CC)CC)ccc1C)Cc1ccc(OC)c(F)c1. The summed E-state index contributed by atoms with van der Waals surface area (Å²) in [6.07, 6.45) is 0. The summed E-state index contributed by atoms with van der Waals surface area (Å²) >= 11 is 0. The standard InChI is InChI=1S/C23H32FN3O4S/c1-6-26(15-18-10-12-22(31-5)20(24)13-18)16-23(28)25-21-14-19(11-9-17(21)4)32(29,30)27(7-2)8-3/h9-14H,6-8,15-16H2,1-5H3,(H,25,28). The summed E-state index contributed by atoms with van der Waals surface area (Å²) in [5, 5.41) is 2.82. The van der Waals surface area contributed by atoms with E-state index in [1.165, 1.54) is 23.5 Å². The van der Waals surface area contributed by atoms with Crippen molar-refractivity contribution >= 4 is 21.6 Å². The van der Waals surface area contributed by atoms with Gasteiger partial charge in [-0.1, -0.05) is 32.9 Å². The Kier molecular flexibility index (Phi) is 9.18. The molecule has 2 rings (SSSR count). The molecule has 2 aromatic rings. The molecule has 0 aliphatic carbocycles. The van der Waals surface area contributed by atoms with Crippen molar-refractivity contribution in [2.45, 2.75) is 39.1 Å². The van der Waals surface area contributed by atoms with Crippen molar-refractivity contribution in [3.05, 3.63) is 53.3 Å². The number of anilines is 1. The second kappa shape index (κ2) is 11.4. The number of methoxy groups -OCH3 is 1. The van der Waals surface area contributed by atoms with Gasteiger partial charge >= 0.3 is 0 Å². The van der Waals surface area contributed by atoms with Crippen LogP contribution in [0.1, 0.15) is 31.9 Å². The molecule has 9 heteroatoms. The van der Waals surface area contributed by atoms with Crippen LogP contribution in [0.25, 0.3) is 0 Å². The van der Waals surface area contributed by atoms with Crippen LogP contribution in [0.15, 0.2) is 41.3 Å². The summed E-state index contributed by atoms with van der Waals surface area (Å²) in [7, 11) is -2.22. The predicted octanol–water partition coefficient (Wildman–Crippen LogP) is 3.63. The smallest absolute Gasteiger partial charge is 0.243 e. The molecule has 0 unspecified atom stereocenters. The first-order chi connectivity index (χ1) is 15.2. The number of aryl methyl sites for hydroxylation is 1. The molecule has 176 valence electrons. The second-order valence-corrected chi connectivity index (χ2v) is 9.32. The normalized spacial score (nSPS) is 11.8. The minimum absolute atomic E-state index is 0.0800. The molecular formula is C23H32FN3O4S. The number of rotatable bonds is 11. The van der Waals surface area contributed by atoms with Crippen molar-refractivity contribution in [2.75, 3.05) is 38.6 Å². The highest BCUT2D eigenvalue weighted by Gasteiger charge is 2.22. The largest absolute Gasteiger partial charge is 0.494 e. The first-order valence-corrected chi connectivity index (χ1v) is 12.1. The number of benzene rings is 2. The van der Waals surface area contributed by atoms with Crippen LogP contribution in [0.3, 0.4) is 0 Å². The fourth-order valence-electron chi connectivity index (χ4n) is 3.35. The maximum Gasteiger partial charge on any atom is 0.243 e. The van der Waals surface area contributed by atoms with Crippen molar-refractivity contribution in [2.24, 2.45) is 0 Å². The number of amides is 1. The minimum Gasteiger partial charge on any atom is -0.494 e. The van der Waals surface area contributed by atoms with E-state index in [9.17, 15) is 17.6 Å². The lowest BCUT2D eigenvalue weighted by atomic mass is 10.2. The third-order valence-corrected chi connectivity index (χ3v) is 7.31. The maximum atomic E-state index is 14.0. The molecule has 0 bridgehead atoms. The quantitative estimate of drug-likeness (QED) is 0.548. The summed E-state index contributed by atoms with van der Waals surface area (Å²) in [6, 6.07) is 9.44. The first kappa shape index (κ1) is 25.8. The summed E-state index contributed by atoms with van der Waals surface area (Å²) < 4.78 is 45.9. The molecule has 0 aromatic heterocycles. The molecule has 1 amide bonds. The Morgan fingerprint density at radius 3 is 2.31 bits per heavy atom. The average molecular weight is 466 g/mol. The van der Waals surface area contributed by atoms with Gasteiger partial charge in [0.05, 0.1) is 18.6 Å². The Morgan fingerprint density at radius 2 is 1.75 bits per heavy atom. The lowest BCUT2D eigenvalue weighted by Gasteiger charge is -2.21. The number of halogens is 1. The van der Waals surface area contributed by atoms with Crippen LogP contribution in [-0.2, 0) is 21.4 Å². The molecule has 0 aliphatic rings. The van der Waals surface area contributed by atoms with E-state index in [-0.39, 0.29) is 23.1 Å². The molecule has 0 aliphatic heterocycles. The van der Waals surface area contributed by atoms with E-state index in [0.717, 1.165) is 11.1 Å². The maximum absolute atomic E-state index is 14.0. The van der Waals surface area contributed by atoms with E-state index in [1.807, 2.05) is 11.8 Å². The van der Waals surface area contributed by atoms with Crippen molar-refractivity contribution in [3.8, 4) is 5.75 Å². The minimum atomic E-state index is -3.63. The summed E-state index contributed by atoms with van der Waals surface area (Å²) in [4.78, 5) is 14.7. The van der Waals surface area contributed by atoms with Crippen LogP contribution in [0.5, 0.6) is 5.75 Å². The topological polar surface area (TPSA) is 79.0 Å². The number of carbonyl (C=O) groups excluding carboxylic acids is 1. The van der Waals surface area contributed by atoms with Gasteiger partial charge in [0.25, 0.3) is 0 Å². The summed E-state index contributed by atoms with van der Waals surface area (Å²) in [5.74, 6) is -0.557. The third kappa shape index (κ3) is 6.27. The Labute approximate surface area is 190 Å². The molecule has 0 radical (unpaired) electrons. The van der Waals surface area contributed by atoms with E-state index >= 15 is 0 Å². The lowest BCUT2D eigenvalue weighted by Crippen LogP contribution is -2.33. The lowest BCUT2D eigenvalue weighted by molar-refractivity contribution is -0.117. The van der Waals surface area contributed by atoms with E-state index < -0.39 is 15.8 Å². The Balaban J connectivity index is 2.13. The van der Waals surface area contributed by atoms with Gasteiger partial charge in [0.2, 0.25) is 15.9 Å². The van der Waals surface area contributed by atoms with Gasteiger partial charge in [0.1, 0.15) is 0 Å². The molecule has 0 atom stereocenters. The van der Waals surface area contributed by atoms with E-state index in [4.69, 9.17) is 4.74 Å². The average Bonchev–Trinajstić information content (AvgIpc) is 2.75. The fourth-order valence-corrected chi connectivity index (χ4v) is 4.83. The molecule has 0 saturated heterocycles. The molecule has 7 nitrogen and oxygen atoms in total. The molecule has 1 N–H and O–H groups in total. The molecule has 0 spiro atoms. The van der Waals surface area contributed by atoms with Crippen LogP contribution in [0.4, 0.5) is 10.1 Å². The van der Waals surface area contributed by atoms with E-state index in [1.54, 1.807) is 45.0 Å². The van der Waals surface area contributed by atoms with Crippen LogP contribution >= 0.6 is 0 Å². The number of hydrogen-bond acceptors (Lipinski definition) is 5.